The molecule has 5 rings (SSSR count). The van der Waals surface area contributed by atoms with Gasteiger partial charge >= 0.3 is 5.97 Å². The van der Waals surface area contributed by atoms with E-state index in [4.69, 9.17) is 4.74 Å². The van der Waals surface area contributed by atoms with Crippen LogP contribution in [0, 0.1) is 25.7 Å². The minimum absolute atomic E-state index is 0.0336. The molecule has 1 aliphatic carbocycles. The monoisotopic (exact) mass is 461 g/mol. The Labute approximate surface area is 199 Å². The summed E-state index contributed by atoms with van der Waals surface area (Å²) in [5.74, 6) is -0.251. The van der Waals surface area contributed by atoms with Crippen LogP contribution in [0.1, 0.15) is 42.5 Å². The van der Waals surface area contributed by atoms with Crippen LogP contribution in [0.5, 0.6) is 0 Å². The van der Waals surface area contributed by atoms with Gasteiger partial charge in [0, 0.05) is 6.04 Å². The lowest BCUT2D eigenvalue weighted by molar-refractivity contribution is -0.145. The van der Waals surface area contributed by atoms with Gasteiger partial charge < -0.3 is 4.74 Å². The lowest BCUT2D eigenvalue weighted by Gasteiger charge is -2.42. The van der Waals surface area contributed by atoms with Crippen molar-refractivity contribution in [2.24, 2.45) is 16.9 Å². The minimum atomic E-state index is -0.406. The van der Waals surface area contributed by atoms with Crippen molar-refractivity contribution in [3.05, 3.63) is 65.2 Å². The van der Waals surface area contributed by atoms with Crippen molar-refractivity contribution in [1.29, 1.82) is 0 Å². The fourth-order valence-electron chi connectivity index (χ4n) is 5.24. The van der Waals surface area contributed by atoms with Gasteiger partial charge in [0.25, 0.3) is 5.91 Å². The highest BCUT2D eigenvalue weighted by molar-refractivity contribution is 6.42. The van der Waals surface area contributed by atoms with E-state index >= 15 is 0 Å². The highest BCUT2D eigenvalue weighted by atomic mass is 16.5. The van der Waals surface area contributed by atoms with Gasteiger partial charge in [-0.1, -0.05) is 42.0 Å². The number of carbonyl (C=O) groups excluding carboxylic acids is 2. The number of benzene rings is 2. The summed E-state index contributed by atoms with van der Waals surface area (Å²) in [6.07, 6.45) is 1.18. The summed E-state index contributed by atoms with van der Waals surface area (Å²) >= 11 is 0. The Hall–Kier alpha value is -3.23. The SMILES string of the molecule is CCOC(=O)C1CC1C1CC(c2ccc(C)cc2C)N2NC(=O)C(=NNc3ccccc3)C2N1. The number of carbonyl (C=O) groups is 2. The number of fused-ring (bicyclic) bond motifs is 1. The minimum Gasteiger partial charge on any atom is -0.466 e. The van der Waals surface area contributed by atoms with Crippen LogP contribution in [-0.4, -0.2) is 41.4 Å². The average molecular weight is 462 g/mol. The van der Waals surface area contributed by atoms with Gasteiger partial charge in [0.15, 0.2) is 5.71 Å². The van der Waals surface area contributed by atoms with E-state index < -0.39 is 6.17 Å². The number of rotatable bonds is 6. The third-order valence-electron chi connectivity index (χ3n) is 6.99. The molecule has 2 aliphatic heterocycles. The molecule has 5 atom stereocenters. The number of hydrogen-bond donors (Lipinski definition) is 3. The summed E-state index contributed by atoms with van der Waals surface area (Å²) < 4.78 is 5.27. The Kier molecular flexibility index (Phi) is 6.10. The van der Waals surface area contributed by atoms with Crippen LogP contribution in [-0.2, 0) is 14.3 Å². The zero-order valence-corrected chi connectivity index (χ0v) is 19.7. The smallest absolute Gasteiger partial charge is 0.309 e. The Morgan fingerprint density at radius 1 is 1.18 bits per heavy atom. The fraction of sp³-hybridized carbons (Fsp3) is 0.423. The summed E-state index contributed by atoms with van der Waals surface area (Å²) in [5.41, 5.74) is 10.8. The zero-order chi connectivity index (χ0) is 23.8. The van der Waals surface area contributed by atoms with E-state index in [1.807, 2.05) is 42.3 Å². The van der Waals surface area contributed by atoms with Gasteiger partial charge in [-0.25, -0.2) is 0 Å². The number of amides is 1. The molecule has 1 amide bonds. The molecular formula is C26H31N5O3. The summed E-state index contributed by atoms with van der Waals surface area (Å²) in [5, 5.41) is 10.1. The van der Waals surface area contributed by atoms with Gasteiger partial charge in [0.05, 0.1) is 24.3 Å². The number of hydrazone groups is 1. The van der Waals surface area contributed by atoms with Crippen LogP contribution >= 0.6 is 0 Å². The summed E-state index contributed by atoms with van der Waals surface area (Å²) in [6, 6.07) is 16.0. The number of aryl methyl sites for hydroxylation is 2. The van der Waals surface area contributed by atoms with Crippen molar-refractivity contribution in [1.82, 2.24) is 15.8 Å². The van der Waals surface area contributed by atoms with Crippen LogP contribution in [0.4, 0.5) is 5.69 Å². The van der Waals surface area contributed by atoms with E-state index in [9.17, 15) is 9.59 Å². The van der Waals surface area contributed by atoms with Crippen LogP contribution < -0.4 is 16.2 Å². The Balaban J connectivity index is 1.45. The number of para-hydroxylation sites is 1. The first-order valence-corrected chi connectivity index (χ1v) is 11.9. The molecule has 178 valence electrons. The largest absolute Gasteiger partial charge is 0.466 e. The normalized spacial score (nSPS) is 29.4. The second-order valence-corrected chi connectivity index (χ2v) is 9.37. The van der Waals surface area contributed by atoms with Gasteiger partial charge in [0.1, 0.15) is 6.17 Å². The molecule has 3 aliphatic rings. The number of nitrogens with one attached hydrogen (secondary N) is 3. The van der Waals surface area contributed by atoms with Crippen molar-refractivity contribution in [2.75, 3.05) is 12.0 Å². The van der Waals surface area contributed by atoms with E-state index in [1.165, 1.54) is 16.7 Å². The molecule has 3 fully saturated rings. The molecule has 1 saturated carbocycles. The predicted octanol–water partition coefficient (Wildman–Crippen LogP) is 3.05. The third kappa shape index (κ3) is 4.31. The second kappa shape index (κ2) is 9.19. The molecule has 8 heteroatoms. The first-order valence-electron chi connectivity index (χ1n) is 11.9. The highest BCUT2D eigenvalue weighted by Gasteiger charge is 2.55. The molecule has 0 spiro atoms. The van der Waals surface area contributed by atoms with E-state index in [-0.39, 0.29) is 35.8 Å². The molecule has 2 heterocycles. The molecule has 3 N–H and O–H groups in total. The number of esters is 1. The van der Waals surface area contributed by atoms with E-state index in [2.05, 4.69) is 53.3 Å². The quantitative estimate of drug-likeness (QED) is 0.452. The van der Waals surface area contributed by atoms with Crippen molar-refractivity contribution in [3.8, 4) is 0 Å². The Bertz CT molecular complexity index is 1120. The maximum atomic E-state index is 13.0. The molecule has 2 aromatic rings. The Morgan fingerprint density at radius 3 is 2.71 bits per heavy atom. The van der Waals surface area contributed by atoms with Crippen molar-refractivity contribution in [2.45, 2.75) is 51.9 Å². The van der Waals surface area contributed by atoms with E-state index in [0.29, 0.717) is 12.3 Å². The molecule has 0 aromatic heterocycles. The average Bonchev–Trinajstić information content (AvgIpc) is 3.56. The van der Waals surface area contributed by atoms with E-state index in [0.717, 1.165) is 18.5 Å². The summed E-state index contributed by atoms with van der Waals surface area (Å²) in [7, 11) is 0. The Morgan fingerprint density at radius 2 is 1.97 bits per heavy atom. The molecule has 2 aromatic carbocycles. The number of anilines is 1. The van der Waals surface area contributed by atoms with Crippen molar-refractivity contribution in [3.63, 3.8) is 0 Å². The van der Waals surface area contributed by atoms with Crippen molar-refractivity contribution < 1.29 is 14.3 Å². The molecule has 0 radical (unpaired) electrons. The highest BCUT2D eigenvalue weighted by Crippen LogP contribution is 2.47. The lowest BCUT2D eigenvalue weighted by Crippen LogP contribution is -2.59. The van der Waals surface area contributed by atoms with Gasteiger partial charge in [-0.05, 0) is 62.8 Å². The number of hydrogen-bond acceptors (Lipinski definition) is 7. The van der Waals surface area contributed by atoms with Crippen LogP contribution in [0.25, 0.3) is 0 Å². The molecule has 34 heavy (non-hydrogen) atoms. The zero-order valence-electron chi connectivity index (χ0n) is 19.7. The summed E-state index contributed by atoms with van der Waals surface area (Å²) in [6.45, 7) is 6.41. The van der Waals surface area contributed by atoms with E-state index in [1.54, 1.807) is 0 Å². The first kappa shape index (κ1) is 22.6. The predicted molar refractivity (Wildman–Crippen MR) is 130 cm³/mol. The molecule has 5 unspecified atom stereocenters. The topological polar surface area (TPSA) is 95.1 Å². The maximum Gasteiger partial charge on any atom is 0.309 e. The van der Waals surface area contributed by atoms with Crippen LogP contribution in [0.2, 0.25) is 0 Å². The van der Waals surface area contributed by atoms with Crippen LogP contribution in [0.3, 0.4) is 0 Å². The second-order valence-electron chi connectivity index (χ2n) is 9.37. The number of hydrazine groups is 1. The van der Waals surface area contributed by atoms with Crippen LogP contribution in [0.15, 0.2) is 53.6 Å². The van der Waals surface area contributed by atoms with Gasteiger partial charge in [0.2, 0.25) is 0 Å². The standard InChI is InChI=1S/C26H31N5O3/c1-4-34-26(33)20-13-19(20)21-14-22(18-11-10-15(2)12-16(18)3)31-24(27-21)23(25(32)30-31)29-28-17-8-6-5-7-9-17/h5-12,19-22,24,27-28H,4,13-14H2,1-3H3,(H,30,32). The fourth-order valence-corrected chi connectivity index (χ4v) is 5.24. The van der Waals surface area contributed by atoms with Crippen molar-refractivity contribution >= 4 is 23.3 Å². The van der Waals surface area contributed by atoms with Gasteiger partial charge in [-0.2, -0.15) is 10.1 Å². The summed E-state index contributed by atoms with van der Waals surface area (Å²) in [4.78, 5) is 25.3. The maximum absolute atomic E-state index is 13.0. The number of ether oxygens (including phenoxy) is 1. The molecule has 2 saturated heterocycles. The third-order valence-corrected chi connectivity index (χ3v) is 6.99. The molecule has 0 bridgehead atoms. The van der Waals surface area contributed by atoms with Gasteiger partial charge in [-0.3, -0.25) is 25.8 Å². The lowest BCUT2D eigenvalue weighted by atomic mass is 9.89. The molecule has 8 nitrogen and oxygen atoms in total. The first-order chi connectivity index (χ1) is 16.5. The molecular weight excluding hydrogens is 430 g/mol. The van der Waals surface area contributed by atoms with Gasteiger partial charge in [-0.15, -0.1) is 0 Å². The number of nitrogens with zero attached hydrogens (tertiary/aromatic N) is 2.